The zero-order valence-corrected chi connectivity index (χ0v) is 18.7. The van der Waals surface area contributed by atoms with E-state index in [9.17, 15) is 4.79 Å². The Labute approximate surface area is 183 Å². The molecule has 1 saturated heterocycles. The molecule has 0 aliphatic carbocycles. The molecule has 4 nitrogen and oxygen atoms in total. The van der Waals surface area contributed by atoms with Gasteiger partial charge in [-0.2, -0.15) is 0 Å². The van der Waals surface area contributed by atoms with Crippen LogP contribution in [0.5, 0.6) is 0 Å². The van der Waals surface area contributed by atoms with Crippen molar-refractivity contribution >= 4 is 68.8 Å². The summed E-state index contributed by atoms with van der Waals surface area (Å²) in [7, 11) is 0. The quantitative estimate of drug-likeness (QED) is 0.431. The predicted molar refractivity (Wildman–Crippen MR) is 125 cm³/mol. The van der Waals surface area contributed by atoms with Crippen molar-refractivity contribution in [1.82, 2.24) is 5.32 Å². The van der Waals surface area contributed by atoms with Crippen molar-refractivity contribution in [3.05, 3.63) is 56.6 Å². The van der Waals surface area contributed by atoms with Gasteiger partial charge in [0.15, 0.2) is 5.11 Å². The van der Waals surface area contributed by atoms with E-state index in [1.165, 1.54) is 12.8 Å². The van der Waals surface area contributed by atoms with E-state index in [0.717, 1.165) is 34.0 Å². The van der Waals surface area contributed by atoms with Gasteiger partial charge >= 0.3 is 0 Å². The van der Waals surface area contributed by atoms with Gasteiger partial charge in [-0.15, -0.1) is 0 Å². The van der Waals surface area contributed by atoms with Crippen molar-refractivity contribution in [2.75, 3.05) is 23.3 Å². The first-order valence-electron chi connectivity index (χ1n) is 8.85. The van der Waals surface area contributed by atoms with Crippen molar-refractivity contribution in [2.45, 2.75) is 19.8 Å². The number of halogens is 2. The van der Waals surface area contributed by atoms with Gasteiger partial charge < -0.3 is 10.2 Å². The summed E-state index contributed by atoms with van der Waals surface area (Å²) in [5, 5.41) is 6.55. The third kappa shape index (κ3) is 5.33. The van der Waals surface area contributed by atoms with Gasteiger partial charge in [-0.25, -0.2) is 0 Å². The van der Waals surface area contributed by atoms with Crippen LogP contribution in [-0.2, 0) is 0 Å². The summed E-state index contributed by atoms with van der Waals surface area (Å²) < 4.78 is 0.936. The molecule has 0 atom stereocenters. The molecule has 3 rings (SSSR count). The van der Waals surface area contributed by atoms with Gasteiger partial charge in [-0.1, -0.05) is 30.7 Å². The molecule has 1 heterocycles. The fourth-order valence-corrected chi connectivity index (χ4v) is 4.00. The van der Waals surface area contributed by atoms with Crippen LogP contribution in [0.4, 0.5) is 11.4 Å². The molecule has 2 aromatic carbocycles. The number of rotatable bonds is 3. The Balaban J connectivity index is 1.69. The number of carbonyl (C=O) groups is 1. The van der Waals surface area contributed by atoms with Crippen molar-refractivity contribution in [3.63, 3.8) is 0 Å². The van der Waals surface area contributed by atoms with Crippen LogP contribution in [0.3, 0.4) is 0 Å². The fourth-order valence-electron chi connectivity index (χ4n) is 3.10. The van der Waals surface area contributed by atoms with Crippen LogP contribution in [0.25, 0.3) is 0 Å². The zero-order chi connectivity index (χ0) is 19.4. The number of para-hydroxylation sites is 2. The van der Waals surface area contributed by atoms with Gasteiger partial charge in [0.2, 0.25) is 0 Å². The second-order valence-electron chi connectivity index (χ2n) is 6.72. The first kappa shape index (κ1) is 20.4. The smallest absolute Gasteiger partial charge is 0.258 e. The maximum atomic E-state index is 12.5. The normalized spacial score (nSPS) is 14.7. The minimum Gasteiger partial charge on any atom is -0.370 e. The van der Waals surface area contributed by atoms with E-state index in [0.29, 0.717) is 10.6 Å². The van der Waals surface area contributed by atoms with Crippen LogP contribution in [0.15, 0.2) is 42.5 Å². The molecule has 0 aromatic heterocycles. The molecular formula is C20H21ClIN3OS. The Morgan fingerprint density at radius 3 is 2.67 bits per heavy atom. The van der Waals surface area contributed by atoms with Gasteiger partial charge in [0.05, 0.1) is 22.0 Å². The minimum absolute atomic E-state index is 0.257. The number of thiocarbonyl (C=S) groups is 1. The van der Waals surface area contributed by atoms with E-state index in [-0.39, 0.29) is 11.0 Å². The van der Waals surface area contributed by atoms with Crippen LogP contribution in [-0.4, -0.2) is 24.1 Å². The number of nitrogens with one attached hydrogen (secondary N) is 2. The highest BCUT2D eigenvalue weighted by Crippen LogP contribution is 2.29. The molecule has 1 aliphatic heterocycles. The maximum absolute atomic E-state index is 12.5. The van der Waals surface area contributed by atoms with E-state index in [2.05, 4.69) is 51.1 Å². The summed E-state index contributed by atoms with van der Waals surface area (Å²) in [6, 6.07) is 13.3. The van der Waals surface area contributed by atoms with Crippen LogP contribution in [0.2, 0.25) is 5.02 Å². The molecule has 0 saturated carbocycles. The predicted octanol–water partition coefficient (Wildman–Crippen LogP) is 5.31. The average Bonchev–Trinajstić information content (AvgIpc) is 2.65. The van der Waals surface area contributed by atoms with E-state index in [4.69, 9.17) is 23.8 Å². The zero-order valence-electron chi connectivity index (χ0n) is 15.0. The summed E-state index contributed by atoms with van der Waals surface area (Å²) >= 11 is 13.6. The van der Waals surface area contributed by atoms with E-state index in [1.54, 1.807) is 12.1 Å². The highest BCUT2D eigenvalue weighted by molar-refractivity contribution is 14.1. The number of nitrogens with zero attached hydrogens (tertiary/aromatic N) is 1. The minimum atomic E-state index is -0.319. The lowest BCUT2D eigenvalue weighted by Crippen LogP contribution is -2.36. The summed E-state index contributed by atoms with van der Waals surface area (Å²) in [5.74, 6) is 0.445. The number of hydrogen-bond donors (Lipinski definition) is 2. The van der Waals surface area contributed by atoms with Crippen molar-refractivity contribution in [1.29, 1.82) is 0 Å². The summed E-state index contributed by atoms with van der Waals surface area (Å²) in [6.07, 6.45) is 2.36. The van der Waals surface area contributed by atoms with E-state index < -0.39 is 0 Å². The fraction of sp³-hybridized carbons (Fsp3) is 0.300. The lowest BCUT2D eigenvalue weighted by atomic mass is 9.98. The number of amides is 1. The van der Waals surface area contributed by atoms with Gasteiger partial charge in [0, 0.05) is 16.7 Å². The van der Waals surface area contributed by atoms with Crippen molar-refractivity contribution < 1.29 is 4.79 Å². The number of piperidine rings is 1. The average molecular weight is 514 g/mol. The molecule has 2 aromatic rings. The van der Waals surface area contributed by atoms with Crippen molar-refractivity contribution in [3.8, 4) is 0 Å². The molecule has 0 unspecified atom stereocenters. The molecule has 27 heavy (non-hydrogen) atoms. The van der Waals surface area contributed by atoms with Gasteiger partial charge in [-0.05, 0) is 83.9 Å². The lowest BCUT2D eigenvalue weighted by Gasteiger charge is -2.33. The van der Waals surface area contributed by atoms with Crippen molar-refractivity contribution in [2.24, 2.45) is 5.92 Å². The monoisotopic (exact) mass is 513 g/mol. The highest BCUT2D eigenvalue weighted by Gasteiger charge is 2.19. The van der Waals surface area contributed by atoms with Gasteiger partial charge in [-0.3, -0.25) is 10.1 Å². The van der Waals surface area contributed by atoms with Gasteiger partial charge in [0.1, 0.15) is 0 Å². The van der Waals surface area contributed by atoms with E-state index >= 15 is 0 Å². The molecular weight excluding hydrogens is 493 g/mol. The largest absolute Gasteiger partial charge is 0.370 e. The Morgan fingerprint density at radius 1 is 1.22 bits per heavy atom. The molecule has 1 amide bonds. The molecule has 1 aliphatic rings. The molecule has 0 bridgehead atoms. The maximum Gasteiger partial charge on any atom is 0.258 e. The third-order valence-corrected chi connectivity index (χ3v) is 5.88. The van der Waals surface area contributed by atoms with Crippen LogP contribution in [0, 0.1) is 9.49 Å². The lowest BCUT2D eigenvalue weighted by molar-refractivity contribution is 0.0978. The highest BCUT2D eigenvalue weighted by atomic mass is 127. The topological polar surface area (TPSA) is 44.4 Å². The Kier molecular flexibility index (Phi) is 6.94. The molecule has 7 heteroatoms. The standard InChI is InChI=1S/C20H21ClIN3OS/c1-13-8-10-25(11-9-13)18-5-3-2-4-17(18)23-20(27)24-19(26)15-12-14(22)6-7-16(15)21/h2-7,12-13H,8-11H2,1H3,(H2,23,24,26,27). The Bertz CT molecular complexity index is 853. The summed E-state index contributed by atoms with van der Waals surface area (Å²) in [4.78, 5) is 14.9. The molecule has 0 radical (unpaired) electrons. The number of hydrogen-bond acceptors (Lipinski definition) is 3. The molecule has 0 spiro atoms. The molecule has 142 valence electrons. The van der Waals surface area contributed by atoms with Crippen LogP contribution >= 0.6 is 46.4 Å². The second kappa shape index (κ2) is 9.21. The first-order valence-corrected chi connectivity index (χ1v) is 10.7. The number of carbonyl (C=O) groups excluding carboxylic acids is 1. The number of anilines is 2. The third-order valence-electron chi connectivity index (χ3n) is 4.68. The Morgan fingerprint density at radius 2 is 1.93 bits per heavy atom. The molecule has 2 N–H and O–H groups in total. The second-order valence-corrected chi connectivity index (χ2v) is 8.78. The van der Waals surface area contributed by atoms with Gasteiger partial charge in [0.25, 0.3) is 5.91 Å². The van der Waals surface area contributed by atoms with Crippen LogP contribution in [0.1, 0.15) is 30.1 Å². The number of benzene rings is 2. The Hall–Kier alpha value is -1.38. The molecule has 1 fully saturated rings. The summed E-state index contributed by atoms with van der Waals surface area (Å²) in [5.41, 5.74) is 2.41. The first-order chi connectivity index (χ1) is 12.9. The van der Waals surface area contributed by atoms with Crippen LogP contribution < -0.4 is 15.5 Å². The summed E-state index contributed by atoms with van der Waals surface area (Å²) in [6.45, 7) is 4.34. The van der Waals surface area contributed by atoms with E-state index in [1.807, 2.05) is 24.3 Å². The SMILES string of the molecule is CC1CCN(c2ccccc2NC(=S)NC(=O)c2cc(I)ccc2Cl)CC1.